The fraction of sp³-hybridized carbons (Fsp3) is 0.263. The first-order chi connectivity index (χ1) is 12.2. The molecule has 138 valence electrons. The maximum absolute atomic E-state index is 12.3. The van der Waals surface area contributed by atoms with Gasteiger partial charge in [0, 0.05) is 29.4 Å². The van der Waals surface area contributed by atoms with Crippen LogP contribution in [0.2, 0.25) is 0 Å². The van der Waals surface area contributed by atoms with E-state index in [9.17, 15) is 9.59 Å². The summed E-state index contributed by atoms with van der Waals surface area (Å²) in [6.45, 7) is 0.902. The number of carbonyl (C=O) groups is 2. The Morgan fingerprint density at radius 1 is 0.962 bits per heavy atom. The number of ether oxygens (including phenoxy) is 1. The van der Waals surface area contributed by atoms with Crippen LogP contribution in [0, 0.1) is 0 Å². The van der Waals surface area contributed by atoms with Crippen molar-refractivity contribution in [2.75, 3.05) is 18.5 Å². The van der Waals surface area contributed by atoms with Crippen LogP contribution in [-0.2, 0) is 0 Å². The topological polar surface area (TPSA) is 93.4 Å². The van der Waals surface area contributed by atoms with Crippen molar-refractivity contribution in [1.29, 1.82) is 0 Å². The largest absolute Gasteiger partial charge is 0.492 e. The Morgan fingerprint density at radius 2 is 1.54 bits per heavy atom. The summed E-state index contributed by atoms with van der Waals surface area (Å²) in [6.07, 6.45) is 2.09. The smallest absolute Gasteiger partial charge is 0.255 e. The van der Waals surface area contributed by atoms with Gasteiger partial charge in [-0.15, -0.1) is 12.4 Å². The number of nitrogens with two attached hydrogens (primary N) is 1. The average molecular weight is 376 g/mol. The standard InChI is InChI=1S/C19H21N3O3.ClH/c20-11-12-25-17-9-7-16(8-10-17)22-19(24)14-3-1-13(2-4-14)18(23)21-15-5-6-15;/h1-4,7-10,15H,5-6,11-12,20H2,(H,21,23)(H,22,24);1H. The van der Waals surface area contributed by atoms with Gasteiger partial charge < -0.3 is 21.1 Å². The van der Waals surface area contributed by atoms with Crippen LogP contribution < -0.4 is 21.1 Å². The SMILES string of the molecule is Cl.NCCOc1ccc(NC(=O)c2ccc(C(=O)NC3CC3)cc2)cc1. The van der Waals surface area contributed by atoms with Gasteiger partial charge in [0.2, 0.25) is 0 Å². The van der Waals surface area contributed by atoms with Gasteiger partial charge in [0.05, 0.1) is 0 Å². The van der Waals surface area contributed by atoms with E-state index in [1.807, 2.05) is 0 Å². The predicted molar refractivity (Wildman–Crippen MR) is 103 cm³/mol. The summed E-state index contributed by atoms with van der Waals surface area (Å²) in [5.74, 6) is 0.377. The van der Waals surface area contributed by atoms with Crippen molar-refractivity contribution in [3.05, 3.63) is 59.7 Å². The number of carbonyl (C=O) groups excluding carboxylic acids is 2. The van der Waals surface area contributed by atoms with E-state index in [2.05, 4.69) is 10.6 Å². The van der Waals surface area contributed by atoms with E-state index in [4.69, 9.17) is 10.5 Å². The van der Waals surface area contributed by atoms with Gasteiger partial charge in [0.25, 0.3) is 11.8 Å². The molecule has 0 bridgehead atoms. The molecule has 0 unspecified atom stereocenters. The number of halogens is 1. The first-order valence-corrected chi connectivity index (χ1v) is 8.31. The Morgan fingerprint density at radius 3 is 2.08 bits per heavy atom. The second-order valence-corrected chi connectivity index (χ2v) is 5.94. The van der Waals surface area contributed by atoms with Crippen molar-refractivity contribution in [2.45, 2.75) is 18.9 Å². The fourth-order valence-electron chi connectivity index (χ4n) is 2.28. The molecule has 1 aliphatic carbocycles. The molecule has 6 nitrogen and oxygen atoms in total. The summed E-state index contributed by atoms with van der Waals surface area (Å²) >= 11 is 0. The Bertz CT molecular complexity index is 744. The molecule has 7 heteroatoms. The third-order valence-electron chi connectivity index (χ3n) is 3.82. The van der Waals surface area contributed by atoms with Crippen molar-refractivity contribution in [2.24, 2.45) is 5.73 Å². The van der Waals surface area contributed by atoms with Gasteiger partial charge >= 0.3 is 0 Å². The fourth-order valence-corrected chi connectivity index (χ4v) is 2.28. The van der Waals surface area contributed by atoms with Crippen molar-refractivity contribution < 1.29 is 14.3 Å². The molecule has 0 spiro atoms. The summed E-state index contributed by atoms with van der Waals surface area (Å²) < 4.78 is 5.39. The second kappa shape index (κ2) is 9.22. The maximum Gasteiger partial charge on any atom is 0.255 e. The highest BCUT2D eigenvalue weighted by Crippen LogP contribution is 2.20. The minimum atomic E-state index is -0.232. The predicted octanol–water partition coefficient (Wildman–Crippen LogP) is 2.59. The molecule has 1 saturated carbocycles. The van der Waals surface area contributed by atoms with E-state index in [0.717, 1.165) is 12.8 Å². The molecule has 0 aromatic heterocycles. The van der Waals surface area contributed by atoms with Crippen LogP contribution in [0.3, 0.4) is 0 Å². The summed E-state index contributed by atoms with van der Waals surface area (Å²) in [5, 5.41) is 5.73. The molecule has 0 atom stereocenters. The molecule has 0 radical (unpaired) electrons. The van der Waals surface area contributed by atoms with E-state index >= 15 is 0 Å². The third-order valence-corrected chi connectivity index (χ3v) is 3.82. The minimum Gasteiger partial charge on any atom is -0.492 e. The Kier molecular flexibility index (Phi) is 7.00. The minimum absolute atomic E-state index is 0. The van der Waals surface area contributed by atoms with E-state index in [1.165, 1.54) is 0 Å². The quantitative estimate of drug-likeness (QED) is 0.693. The first-order valence-electron chi connectivity index (χ1n) is 8.31. The van der Waals surface area contributed by atoms with E-state index in [-0.39, 0.29) is 24.2 Å². The van der Waals surface area contributed by atoms with Gasteiger partial charge in [-0.2, -0.15) is 0 Å². The Labute approximate surface area is 158 Å². The molecule has 0 saturated heterocycles. The number of benzene rings is 2. The lowest BCUT2D eigenvalue weighted by Gasteiger charge is -2.08. The third kappa shape index (κ3) is 5.47. The molecule has 2 aromatic rings. The number of hydrogen-bond donors (Lipinski definition) is 3. The highest BCUT2D eigenvalue weighted by molar-refractivity contribution is 6.05. The van der Waals surface area contributed by atoms with Gasteiger partial charge in [-0.25, -0.2) is 0 Å². The highest BCUT2D eigenvalue weighted by atomic mass is 35.5. The lowest BCUT2D eigenvalue weighted by Crippen LogP contribution is -2.25. The van der Waals surface area contributed by atoms with Crippen LogP contribution in [0.25, 0.3) is 0 Å². The molecule has 0 aliphatic heterocycles. The van der Waals surface area contributed by atoms with E-state index < -0.39 is 0 Å². The first kappa shape index (κ1) is 19.8. The molecule has 4 N–H and O–H groups in total. The van der Waals surface area contributed by atoms with Crippen LogP contribution in [0.1, 0.15) is 33.6 Å². The lowest BCUT2D eigenvalue weighted by molar-refractivity contribution is 0.0949. The molecule has 0 heterocycles. The molecular formula is C19H22ClN3O3. The number of hydrogen-bond acceptors (Lipinski definition) is 4. The lowest BCUT2D eigenvalue weighted by atomic mass is 10.1. The number of rotatable bonds is 7. The zero-order chi connectivity index (χ0) is 17.6. The van der Waals surface area contributed by atoms with Crippen molar-refractivity contribution in [3.8, 4) is 5.75 Å². The van der Waals surface area contributed by atoms with Gasteiger partial charge in [0.15, 0.2) is 0 Å². The number of amides is 2. The molecule has 1 aliphatic rings. The summed E-state index contributed by atoms with van der Waals surface area (Å²) in [6, 6.07) is 14.0. The molecule has 1 fully saturated rings. The molecule has 3 rings (SSSR count). The number of anilines is 1. The molecular weight excluding hydrogens is 354 g/mol. The molecule has 26 heavy (non-hydrogen) atoms. The van der Waals surface area contributed by atoms with Crippen LogP contribution in [-0.4, -0.2) is 31.0 Å². The maximum atomic E-state index is 12.3. The molecule has 2 amide bonds. The highest BCUT2D eigenvalue weighted by Gasteiger charge is 2.23. The van der Waals surface area contributed by atoms with Gasteiger partial charge in [-0.1, -0.05) is 0 Å². The zero-order valence-corrected chi connectivity index (χ0v) is 15.1. The summed E-state index contributed by atoms with van der Waals surface area (Å²) in [7, 11) is 0. The Hall–Kier alpha value is -2.57. The normalized spacial score (nSPS) is 12.7. The average Bonchev–Trinajstić information content (AvgIpc) is 3.45. The summed E-state index contributed by atoms with van der Waals surface area (Å²) in [4.78, 5) is 24.2. The van der Waals surface area contributed by atoms with Gasteiger partial charge in [-0.3, -0.25) is 9.59 Å². The summed E-state index contributed by atoms with van der Waals surface area (Å²) in [5.41, 5.74) is 7.10. The van der Waals surface area contributed by atoms with Crippen molar-refractivity contribution >= 4 is 29.9 Å². The van der Waals surface area contributed by atoms with Crippen molar-refractivity contribution in [1.82, 2.24) is 5.32 Å². The van der Waals surface area contributed by atoms with Crippen LogP contribution >= 0.6 is 12.4 Å². The monoisotopic (exact) mass is 375 g/mol. The van der Waals surface area contributed by atoms with Gasteiger partial charge in [0.1, 0.15) is 12.4 Å². The van der Waals surface area contributed by atoms with E-state index in [0.29, 0.717) is 41.8 Å². The Balaban J connectivity index is 0.00000243. The van der Waals surface area contributed by atoms with Crippen LogP contribution in [0.5, 0.6) is 5.75 Å². The van der Waals surface area contributed by atoms with Crippen LogP contribution in [0.15, 0.2) is 48.5 Å². The van der Waals surface area contributed by atoms with Gasteiger partial charge in [-0.05, 0) is 61.4 Å². The van der Waals surface area contributed by atoms with Crippen LogP contribution in [0.4, 0.5) is 5.69 Å². The van der Waals surface area contributed by atoms with E-state index in [1.54, 1.807) is 48.5 Å². The zero-order valence-electron chi connectivity index (χ0n) is 14.2. The van der Waals surface area contributed by atoms with Crippen molar-refractivity contribution in [3.63, 3.8) is 0 Å². The number of nitrogens with one attached hydrogen (secondary N) is 2. The second-order valence-electron chi connectivity index (χ2n) is 5.94. The molecule has 2 aromatic carbocycles.